The highest BCUT2D eigenvalue weighted by Gasteiger charge is 2.30. The van der Waals surface area contributed by atoms with Gasteiger partial charge in [0.25, 0.3) is 6.47 Å². The van der Waals surface area contributed by atoms with Crippen LogP contribution in [0.25, 0.3) is 0 Å². The second kappa shape index (κ2) is 5.12. The zero-order valence-corrected chi connectivity index (χ0v) is 9.29. The molecule has 15 heavy (non-hydrogen) atoms. The molecule has 0 N–H and O–H groups in total. The van der Waals surface area contributed by atoms with Gasteiger partial charge in [-0.1, -0.05) is 12.2 Å². The van der Waals surface area contributed by atoms with E-state index in [0.717, 1.165) is 5.57 Å². The predicted molar refractivity (Wildman–Crippen MR) is 57.7 cm³/mol. The summed E-state index contributed by atoms with van der Waals surface area (Å²) >= 11 is 5.66. The maximum atomic E-state index is 11.5. The van der Waals surface area contributed by atoms with Crippen LogP contribution in [0.3, 0.4) is 0 Å². The molecule has 0 aliphatic heterocycles. The first kappa shape index (κ1) is 12.0. The van der Waals surface area contributed by atoms with E-state index in [1.54, 1.807) is 13.0 Å². The third kappa shape index (κ3) is 2.69. The molecule has 82 valence electrons. The Kier molecular flexibility index (Phi) is 4.09. The fourth-order valence-electron chi connectivity index (χ4n) is 1.61. The number of halogens is 1. The molecule has 1 rings (SSSR count). The highest BCUT2D eigenvalue weighted by Crippen LogP contribution is 2.28. The zero-order valence-electron chi connectivity index (χ0n) is 8.53. The van der Waals surface area contributed by atoms with Crippen LogP contribution in [0.4, 0.5) is 0 Å². The molecule has 0 bridgehead atoms. The number of alkyl halides is 1. The van der Waals surface area contributed by atoms with Gasteiger partial charge in [0.2, 0.25) is 0 Å². The summed E-state index contributed by atoms with van der Waals surface area (Å²) < 4.78 is 4.91. The van der Waals surface area contributed by atoms with Crippen LogP contribution >= 0.6 is 11.6 Å². The molecular weight excluding hydrogens is 216 g/mol. The second-order valence-corrected chi connectivity index (χ2v) is 3.84. The molecule has 0 spiro atoms. The van der Waals surface area contributed by atoms with Gasteiger partial charge in [-0.3, -0.25) is 9.59 Å². The van der Waals surface area contributed by atoms with Gasteiger partial charge < -0.3 is 4.74 Å². The minimum absolute atomic E-state index is 0.0528. The van der Waals surface area contributed by atoms with Crippen molar-refractivity contribution in [3.63, 3.8) is 0 Å². The van der Waals surface area contributed by atoms with Crippen LogP contribution in [-0.4, -0.2) is 24.2 Å². The topological polar surface area (TPSA) is 43.4 Å². The van der Waals surface area contributed by atoms with Gasteiger partial charge in [-0.2, -0.15) is 0 Å². The zero-order chi connectivity index (χ0) is 11.4. The van der Waals surface area contributed by atoms with Crippen LogP contribution in [-0.2, 0) is 14.3 Å². The van der Waals surface area contributed by atoms with Crippen molar-refractivity contribution in [3.05, 3.63) is 23.8 Å². The lowest BCUT2D eigenvalue weighted by Gasteiger charge is -2.28. The molecule has 0 radical (unpaired) electrons. The summed E-state index contributed by atoms with van der Waals surface area (Å²) in [7, 11) is 0. The average molecular weight is 229 g/mol. The van der Waals surface area contributed by atoms with E-state index in [1.165, 1.54) is 0 Å². The van der Waals surface area contributed by atoms with Crippen molar-refractivity contribution in [2.75, 3.05) is 5.88 Å². The molecular formula is C11H13ClO3. The van der Waals surface area contributed by atoms with E-state index < -0.39 is 6.10 Å². The second-order valence-electron chi connectivity index (χ2n) is 3.57. The fraction of sp³-hybridized carbons (Fsp3) is 0.455. The highest BCUT2D eigenvalue weighted by molar-refractivity contribution is 6.19. The molecule has 0 saturated carbocycles. The number of hydrogen-bond acceptors (Lipinski definition) is 3. The van der Waals surface area contributed by atoms with Crippen LogP contribution in [0.5, 0.6) is 0 Å². The SMILES string of the molecule is C=C(CCl)[C@H]1CC(=O)C(C)=C[C@H]1OC=O. The Morgan fingerprint density at radius 2 is 2.47 bits per heavy atom. The third-order valence-electron chi connectivity index (χ3n) is 2.56. The van der Waals surface area contributed by atoms with Crippen molar-refractivity contribution in [1.29, 1.82) is 0 Å². The Morgan fingerprint density at radius 3 is 3.00 bits per heavy atom. The Balaban J connectivity index is 2.90. The van der Waals surface area contributed by atoms with E-state index in [-0.39, 0.29) is 17.6 Å². The van der Waals surface area contributed by atoms with Crippen LogP contribution in [0.2, 0.25) is 0 Å². The van der Waals surface area contributed by atoms with Crippen LogP contribution in [0, 0.1) is 5.92 Å². The lowest BCUT2D eigenvalue weighted by molar-refractivity contribution is -0.134. The summed E-state index contributed by atoms with van der Waals surface area (Å²) in [5, 5.41) is 0. The van der Waals surface area contributed by atoms with E-state index in [4.69, 9.17) is 16.3 Å². The molecule has 0 heterocycles. The van der Waals surface area contributed by atoms with Crippen molar-refractivity contribution in [2.24, 2.45) is 5.92 Å². The predicted octanol–water partition coefficient (Wildman–Crippen LogP) is 1.86. The summed E-state index contributed by atoms with van der Waals surface area (Å²) in [6.07, 6.45) is 1.56. The lowest BCUT2D eigenvalue weighted by Crippen LogP contribution is -2.31. The standard InChI is InChI=1S/C11H13ClO3/c1-7-3-11(15-6-13)9(4-10(7)14)8(2)5-12/h3,6,9,11H,2,4-5H2,1H3/t9-,11-/m1/s1. The monoisotopic (exact) mass is 228 g/mol. The molecule has 1 aliphatic carbocycles. The van der Waals surface area contributed by atoms with Gasteiger partial charge >= 0.3 is 0 Å². The number of hydrogen-bond donors (Lipinski definition) is 0. The lowest BCUT2D eigenvalue weighted by atomic mass is 9.83. The molecule has 0 aromatic rings. The Hall–Kier alpha value is -1.09. The minimum atomic E-state index is -0.411. The summed E-state index contributed by atoms with van der Waals surface area (Å²) in [6.45, 7) is 5.88. The van der Waals surface area contributed by atoms with Gasteiger partial charge in [0.15, 0.2) is 5.78 Å². The van der Waals surface area contributed by atoms with E-state index in [1.807, 2.05) is 0 Å². The van der Waals surface area contributed by atoms with Gasteiger partial charge in [0.1, 0.15) is 6.10 Å². The van der Waals surface area contributed by atoms with Crippen LogP contribution in [0.1, 0.15) is 13.3 Å². The molecule has 0 aromatic heterocycles. The van der Waals surface area contributed by atoms with E-state index in [2.05, 4.69) is 6.58 Å². The summed E-state index contributed by atoms with van der Waals surface area (Å²) in [6, 6.07) is 0. The number of rotatable bonds is 4. The summed E-state index contributed by atoms with van der Waals surface area (Å²) in [5.41, 5.74) is 1.35. The minimum Gasteiger partial charge on any atom is -0.460 e. The van der Waals surface area contributed by atoms with E-state index >= 15 is 0 Å². The molecule has 3 nitrogen and oxygen atoms in total. The largest absolute Gasteiger partial charge is 0.460 e. The van der Waals surface area contributed by atoms with Gasteiger partial charge in [0.05, 0.1) is 0 Å². The number of ketones is 1. The quantitative estimate of drug-likeness (QED) is 0.419. The van der Waals surface area contributed by atoms with Gasteiger partial charge in [-0.15, -0.1) is 11.6 Å². The third-order valence-corrected chi connectivity index (χ3v) is 2.91. The molecule has 2 atom stereocenters. The van der Waals surface area contributed by atoms with Crippen molar-refractivity contribution < 1.29 is 14.3 Å². The van der Waals surface area contributed by atoms with Crippen LogP contribution < -0.4 is 0 Å². The highest BCUT2D eigenvalue weighted by atomic mass is 35.5. The van der Waals surface area contributed by atoms with Gasteiger partial charge in [0, 0.05) is 18.2 Å². The average Bonchev–Trinajstić information content (AvgIpc) is 2.22. The van der Waals surface area contributed by atoms with Crippen LogP contribution in [0.15, 0.2) is 23.8 Å². The maximum absolute atomic E-state index is 11.5. The van der Waals surface area contributed by atoms with Crippen molar-refractivity contribution in [1.82, 2.24) is 0 Å². The number of Topliss-reactive ketones (excluding diaryl/α,β-unsaturated/α-hetero) is 1. The fourth-order valence-corrected chi connectivity index (χ4v) is 1.80. The van der Waals surface area contributed by atoms with Crippen molar-refractivity contribution in [2.45, 2.75) is 19.4 Å². The first-order chi connectivity index (χ1) is 7.10. The van der Waals surface area contributed by atoms with Gasteiger partial charge in [-0.05, 0) is 18.6 Å². The number of carbonyl (C=O) groups excluding carboxylic acids is 2. The number of carbonyl (C=O) groups is 2. The molecule has 0 fully saturated rings. The smallest absolute Gasteiger partial charge is 0.293 e. The number of ether oxygens (including phenoxy) is 1. The van der Waals surface area contributed by atoms with E-state index in [9.17, 15) is 9.59 Å². The maximum Gasteiger partial charge on any atom is 0.293 e. The summed E-state index contributed by atoms with van der Waals surface area (Å²) in [4.78, 5) is 21.8. The van der Waals surface area contributed by atoms with E-state index in [0.29, 0.717) is 18.5 Å². The molecule has 0 aromatic carbocycles. The Morgan fingerprint density at radius 1 is 1.80 bits per heavy atom. The van der Waals surface area contributed by atoms with Crippen molar-refractivity contribution in [3.8, 4) is 0 Å². The first-order valence-corrected chi connectivity index (χ1v) is 5.18. The Labute approximate surface area is 93.7 Å². The van der Waals surface area contributed by atoms with Crippen molar-refractivity contribution >= 4 is 23.9 Å². The first-order valence-electron chi connectivity index (χ1n) is 4.64. The molecule has 4 heteroatoms. The molecule has 0 saturated heterocycles. The number of allylic oxidation sites excluding steroid dienone is 1. The van der Waals surface area contributed by atoms with Gasteiger partial charge in [-0.25, -0.2) is 0 Å². The Bertz CT molecular complexity index is 320. The molecule has 0 unspecified atom stereocenters. The molecule has 0 amide bonds. The molecule has 1 aliphatic rings. The normalized spacial score (nSPS) is 25.7. The summed E-state index contributed by atoms with van der Waals surface area (Å²) in [5.74, 6) is 0.129.